The van der Waals surface area contributed by atoms with E-state index in [9.17, 15) is 35.9 Å². The van der Waals surface area contributed by atoms with Crippen molar-refractivity contribution >= 4 is 11.9 Å². The molecule has 0 aliphatic carbocycles. The second-order valence-electron chi connectivity index (χ2n) is 3.34. The van der Waals surface area contributed by atoms with Gasteiger partial charge in [0.1, 0.15) is 0 Å². The molecule has 0 saturated heterocycles. The van der Waals surface area contributed by atoms with Gasteiger partial charge < -0.3 is 9.47 Å². The highest BCUT2D eigenvalue weighted by molar-refractivity contribution is 5.92. The third-order valence-corrected chi connectivity index (χ3v) is 1.87. The van der Waals surface area contributed by atoms with Crippen molar-refractivity contribution in [1.82, 2.24) is 0 Å². The number of halogens is 6. The van der Waals surface area contributed by atoms with Gasteiger partial charge in [-0.3, -0.25) is 0 Å². The summed E-state index contributed by atoms with van der Waals surface area (Å²) in [4.78, 5) is 21.9. The van der Waals surface area contributed by atoms with Gasteiger partial charge in [-0.05, 0) is 6.92 Å². The Labute approximate surface area is 103 Å². The van der Waals surface area contributed by atoms with Gasteiger partial charge in [0.2, 0.25) is 0 Å². The summed E-state index contributed by atoms with van der Waals surface area (Å²) in [6.07, 6.45) is -12.5. The molecule has 0 aliphatic heterocycles. The molecule has 0 heterocycles. The Morgan fingerprint density at radius 2 is 1.37 bits per heavy atom. The molecule has 0 unspecified atom stereocenters. The lowest BCUT2D eigenvalue weighted by atomic mass is 10.0. The summed E-state index contributed by atoms with van der Waals surface area (Å²) in [5, 5.41) is 0. The molecule has 0 atom stereocenters. The van der Waals surface area contributed by atoms with Crippen LogP contribution in [0.25, 0.3) is 0 Å². The summed E-state index contributed by atoms with van der Waals surface area (Å²) in [6.45, 7) is 3.64. The van der Waals surface area contributed by atoms with Crippen LogP contribution < -0.4 is 0 Å². The summed E-state index contributed by atoms with van der Waals surface area (Å²) >= 11 is 0. The zero-order valence-corrected chi connectivity index (χ0v) is 9.61. The predicted octanol–water partition coefficient (Wildman–Crippen LogP) is 2.14. The number of alkyl halides is 6. The molecule has 0 bridgehead atoms. The average Bonchev–Trinajstić information content (AvgIpc) is 2.20. The number of carbonyl (C=O) groups excluding carboxylic acids is 2. The summed E-state index contributed by atoms with van der Waals surface area (Å²) in [5.41, 5.74) is -6.13. The fraction of sp³-hybridized carbons (Fsp3) is 0.556. The van der Waals surface area contributed by atoms with Gasteiger partial charge in [0.05, 0.1) is 7.11 Å². The van der Waals surface area contributed by atoms with Gasteiger partial charge in [-0.2, -0.15) is 26.3 Å². The molecule has 10 heteroatoms. The van der Waals surface area contributed by atoms with Gasteiger partial charge in [-0.25, -0.2) is 9.59 Å². The molecule has 0 spiro atoms. The van der Waals surface area contributed by atoms with Crippen molar-refractivity contribution in [2.75, 3.05) is 7.11 Å². The van der Waals surface area contributed by atoms with Crippen molar-refractivity contribution < 1.29 is 45.4 Å². The SMILES string of the molecule is C=C(C)C(=O)OC(C(=O)OC)(C(F)(F)F)C(F)(F)F. The first-order valence-electron chi connectivity index (χ1n) is 4.42. The van der Waals surface area contributed by atoms with E-state index in [0.717, 1.165) is 6.92 Å². The minimum absolute atomic E-state index is 0.295. The van der Waals surface area contributed by atoms with Gasteiger partial charge in [0.15, 0.2) is 0 Å². The standard InChI is InChI=1S/C9H8F6O4/c1-4(2)5(16)19-7(6(17)18-3,8(10,11)12)9(13,14)15/h1H2,2-3H3. The van der Waals surface area contributed by atoms with Gasteiger partial charge in [-0.1, -0.05) is 6.58 Å². The van der Waals surface area contributed by atoms with Crippen LogP contribution in [0.3, 0.4) is 0 Å². The lowest BCUT2D eigenvalue weighted by Gasteiger charge is -2.33. The van der Waals surface area contributed by atoms with Gasteiger partial charge in [0, 0.05) is 5.57 Å². The normalized spacial score (nSPS) is 12.8. The van der Waals surface area contributed by atoms with Crippen LogP contribution in [0.15, 0.2) is 12.2 Å². The first-order valence-corrected chi connectivity index (χ1v) is 4.42. The number of hydrogen-bond acceptors (Lipinski definition) is 4. The quantitative estimate of drug-likeness (QED) is 0.454. The molecule has 0 aliphatic rings. The third kappa shape index (κ3) is 2.99. The fourth-order valence-electron chi connectivity index (χ4n) is 0.919. The molecule has 0 saturated carbocycles. The molecule has 0 fully saturated rings. The lowest BCUT2D eigenvalue weighted by molar-refractivity contribution is -0.357. The Morgan fingerprint density at radius 3 is 1.58 bits per heavy atom. The van der Waals surface area contributed by atoms with Crippen LogP contribution in [0.2, 0.25) is 0 Å². The number of hydrogen-bond donors (Lipinski definition) is 0. The summed E-state index contributed by atoms with van der Waals surface area (Å²) in [5.74, 6) is -4.83. The zero-order valence-electron chi connectivity index (χ0n) is 9.61. The second-order valence-corrected chi connectivity index (χ2v) is 3.34. The Morgan fingerprint density at radius 1 is 1.00 bits per heavy atom. The van der Waals surface area contributed by atoms with E-state index in [-0.39, 0.29) is 0 Å². The summed E-state index contributed by atoms with van der Waals surface area (Å²) in [7, 11) is 0.295. The van der Waals surface area contributed by atoms with Crippen molar-refractivity contribution in [3.8, 4) is 0 Å². The summed E-state index contributed by atoms with van der Waals surface area (Å²) < 4.78 is 82.4. The maximum Gasteiger partial charge on any atom is 0.449 e. The third-order valence-electron chi connectivity index (χ3n) is 1.87. The van der Waals surface area contributed by atoms with Crippen LogP contribution in [0.1, 0.15) is 6.92 Å². The van der Waals surface area contributed by atoms with Crippen LogP contribution in [-0.2, 0) is 19.1 Å². The molecular weight excluding hydrogens is 286 g/mol. The molecule has 0 aromatic heterocycles. The number of carbonyl (C=O) groups is 2. The van der Waals surface area contributed by atoms with E-state index in [1.54, 1.807) is 0 Å². The molecular formula is C9H8F6O4. The molecule has 0 aromatic rings. The highest BCUT2D eigenvalue weighted by atomic mass is 19.4. The van der Waals surface area contributed by atoms with Crippen LogP contribution in [0.5, 0.6) is 0 Å². The molecule has 0 N–H and O–H groups in total. The van der Waals surface area contributed by atoms with Crippen molar-refractivity contribution in [3.05, 3.63) is 12.2 Å². The maximum atomic E-state index is 12.6. The topological polar surface area (TPSA) is 52.6 Å². The van der Waals surface area contributed by atoms with E-state index in [4.69, 9.17) is 0 Å². The van der Waals surface area contributed by atoms with Crippen LogP contribution in [0.4, 0.5) is 26.3 Å². The van der Waals surface area contributed by atoms with Crippen LogP contribution in [0, 0.1) is 0 Å². The first-order chi connectivity index (χ1) is 8.31. The van der Waals surface area contributed by atoms with E-state index in [1.165, 1.54) is 0 Å². The molecule has 4 nitrogen and oxygen atoms in total. The molecule has 0 aromatic carbocycles. The average molecular weight is 294 g/mol. The highest BCUT2D eigenvalue weighted by Gasteiger charge is 2.80. The van der Waals surface area contributed by atoms with Gasteiger partial charge in [-0.15, -0.1) is 0 Å². The largest absolute Gasteiger partial charge is 0.466 e. The van der Waals surface area contributed by atoms with Gasteiger partial charge in [0.25, 0.3) is 0 Å². The molecule has 0 rings (SSSR count). The monoisotopic (exact) mass is 294 g/mol. The summed E-state index contributed by atoms with van der Waals surface area (Å²) in [6, 6.07) is 0. The Hall–Kier alpha value is -1.74. The second kappa shape index (κ2) is 5.10. The van der Waals surface area contributed by atoms with Gasteiger partial charge >= 0.3 is 29.9 Å². The predicted molar refractivity (Wildman–Crippen MR) is 47.8 cm³/mol. The fourth-order valence-corrected chi connectivity index (χ4v) is 0.919. The van der Waals surface area contributed by atoms with E-state index < -0.39 is 35.5 Å². The number of rotatable bonds is 3. The maximum absolute atomic E-state index is 12.6. The Balaban J connectivity index is 6.02. The minimum atomic E-state index is -6.25. The molecule has 0 amide bonds. The minimum Gasteiger partial charge on any atom is -0.466 e. The van der Waals surface area contributed by atoms with E-state index in [2.05, 4.69) is 16.1 Å². The molecule has 0 radical (unpaired) electrons. The van der Waals surface area contributed by atoms with Crippen LogP contribution in [-0.4, -0.2) is 37.0 Å². The van der Waals surface area contributed by atoms with Crippen molar-refractivity contribution in [3.63, 3.8) is 0 Å². The van der Waals surface area contributed by atoms with E-state index >= 15 is 0 Å². The molecule has 19 heavy (non-hydrogen) atoms. The zero-order chi connectivity index (χ0) is 15.6. The number of ether oxygens (including phenoxy) is 2. The van der Waals surface area contributed by atoms with Crippen molar-refractivity contribution in [2.45, 2.75) is 24.9 Å². The Bertz CT molecular complexity index is 380. The smallest absolute Gasteiger partial charge is 0.449 e. The van der Waals surface area contributed by atoms with Crippen LogP contribution >= 0.6 is 0 Å². The molecule has 110 valence electrons. The lowest BCUT2D eigenvalue weighted by Crippen LogP contribution is -2.65. The van der Waals surface area contributed by atoms with E-state index in [1.807, 2.05) is 0 Å². The van der Waals surface area contributed by atoms with Crippen molar-refractivity contribution in [2.24, 2.45) is 0 Å². The van der Waals surface area contributed by atoms with Crippen molar-refractivity contribution in [1.29, 1.82) is 0 Å². The first kappa shape index (κ1) is 17.3. The number of methoxy groups -OCH3 is 1. The Kier molecular flexibility index (Phi) is 4.63. The highest BCUT2D eigenvalue weighted by Crippen LogP contribution is 2.47. The van der Waals surface area contributed by atoms with E-state index in [0.29, 0.717) is 7.11 Å². The number of esters is 2.